The van der Waals surface area contributed by atoms with Gasteiger partial charge in [-0.3, -0.25) is 0 Å². The van der Waals surface area contributed by atoms with Crippen LogP contribution < -0.4 is 9.54 Å². The number of hydrogen-bond acceptors (Lipinski definition) is 5. The van der Waals surface area contributed by atoms with E-state index < -0.39 is 0 Å². The molecular formula is C24H22N4O2S. The van der Waals surface area contributed by atoms with E-state index in [4.69, 9.17) is 14.1 Å². The van der Waals surface area contributed by atoms with Gasteiger partial charge in [0.15, 0.2) is 10.6 Å². The predicted molar refractivity (Wildman–Crippen MR) is 123 cm³/mol. The van der Waals surface area contributed by atoms with Gasteiger partial charge in [0, 0.05) is 36.2 Å². The molecule has 7 heteroatoms. The maximum Gasteiger partial charge on any atom is 0.190 e. The number of nitrogens with zero attached hydrogens (tertiary/aromatic N) is 4. The second kappa shape index (κ2) is 8.65. The molecule has 0 aliphatic carbocycles. The Morgan fingerprint density at radius 3 is 2.74 bits per heavy atom. The highest BCUT2D eigenvalue weighted by Gasteiger charge is 2.13. The quantitative estimate of drug-likeness (QED) is 0.343. The van der Waals surface area contributed by atoms with Gasteiger partial charge in [-0.2, -0.15) is 0 Å². The van der Waals surface area contributed by atoms with Gasteiger partial charge in [-0.25, -0.2) is 9.98 Å². The number of benzene rings is 2. The normalized spacial score (nSPS) is 12.0. The van der Waals surface area contributed by atoms with Crippen molar-refractivity contribution in [2.45, 2.75) is 19.5 Å². The number of furan rings is 1. The lowest BCUT2D eigenvalue weighted by atomic mass is 10.2. The lowest BCUT2D eigenvalue weighted by Crippen LogP contribution is -2.17. The van der Waals surface area contributed by atoms with E-state index in [9.17, 15) is 0 Å². The summed E-state index contributed by atoms with van der Waals surface area (Å²) in [4.78, 5) is 9.96. The average molecular weight is 431 g/mol. The van der Waals surface area contributed by atoms with Gasteiger partial charge in [-0.15, -0.1) is 11.3 Å². The Balaban J connectivity index is 1.52. The van der Waals surface area contributed by atoms with Crippen molar-refractivity contribution < 1.29 is 9.15 Å². The SMILES string of the molecule is COc1ccc(N=c2scc(-c3cc4ccccc4o3)n2CCCn2ccnc2)cc1. The van der Waals surface area contributed by atoms with Gasteiger partial charge in [0.05, 0.1) is 24.8 Å². The van der Waals surface area contributed by atoms with Crippen molar-refractivity contribution in [2.75, 3.05) is 7.11 Å². The summed E-state index contributed by atoms with van der Waals surface area (Å²) >= 11 is 1.62. The highest BCUT2D eigenvalue weighted by molar-refractivity contribution is 7.07. The monoisotopic (exact) mass is 430 g/mol. The summed E-state index contributed by atoms with van der Waals surface area (Å²) < 4.78 is 15.7. The first kappa shape index (κ1) is 19.4. The van der Waals surface area contributed by atoms with Gasteiger partial charge in [0.1, 0.15) is 11.3 Å². The summed E-state index contributed by atoms with van der Waals surface area (Å²) in [5.74, 6) is 1.68. The van der Waals surface area contributed by atoms with Gasteiger partial charge in [0.25, 0.3) is 0 Å². The molecule has 0 fully saturated rings. The van der Waals surface area contributed by atoms with Crippen molar-refractivity contribution in [2.24, 2.45) is 4.99 Å². The number of hydrogen-bond donors (Lipinski definition) is 0. The maximum absolute atomic E-state index is 6.15. The van der Waals surface area contributed by atoms with Gasteiger partial charge in [0.2, 0.25) is 0 Å². The highest BCUT2D eigenvalue weighted by Crippen LogP contribution is 2.28. The Morgan fingerprint density at radius 1 is 1.10 bits per heavy atom. The number of aryl methyl sites for hydroxylation is 1. The van der Waals surface area contributed by atoms with E-state index >= 15 is 0 Å². The molecule has 0 aliphatic rings. The second-order valence-corrected chi connectivity index (χ2v) is 8.00. The second-order valence-electron chi connectivity index (χ2n) is 7.17. The predicted octanol–water partition coefficient (Wildman–Crippen LogP) is 5.49. The molecule has 156 valence electrons. The zero-order valence-corrected chi connectivity index (χ0v) is 18.0. The molecule has 5 aromatic rings. The molecule has 0 atom stereocenters. The third-order valence-corrected chi connectivity index (χ3v) is 5.99. The third kappa shape index (κ3) is 4.18. The van der Waals surface area contributed by atoms with E-state index in [0.717, 1.165) is 58.2 Å². The molecule has 0 amide bonds. The van der Waals surface area contributed by atoms with Gasteiger partial charge < -0.3 is 18.3 Å². The van der Waals surface area contributed by atoms with Crippen molar-refractivity contribution in [1.82, 2.24) is 14.1 Å². The van der Waals surface area contributed by atoms with Crippen molar-refractivity contribution in [3.05, 3.63) is 83.5 Å². The van der Waals surface area contributed by atoms with Crippen molar-refractivity contribution in [1.29, 1.82) is 0 Å². The van der Waals surface area contributed by atoms with Crippen molar-refractivity contribution in [3.63, 3.8) is 0 Å². The van der Waals surface area contributed by atoms with Crippen LogP contribution in [0.15, 0.2) is 88.1 Å². The minimum Gasteiger partial charge on any atom is -0.497 e. The van der Waals surface area contributed by atoms with Crippen LogP contribution in [0, 0.1) is 0 Å². The Kier molecular flexibility index (Phi) is 5.41. The van der Waals surface area contributed by atoms with Crippen LogP contribution in [-0.4, -0.2) is 21.2 Å². The van der Waals surface area contributed by atoms with Crippen LogP contribution in [0.2, 0.25) is 0 Å². The minimum absolute atomic E-state index is 0.821. The zero-order chi connectivity index (χ0) is 21.0. The summed E-state index contributed by atoms with van der Waals surface area (Å²) in [5, 5.41) is 3.22. The average Bonchev–Trinajstić information content (AvgIpc) is 3.54. The number of ether oxygens (including phenoxy) is 1. The van der Waals surface area contributed by atoms with Gasteiger partial charge in [-0.05, 0) is 42.8 Å². The van der Waals surface area contributed by atoms with Crippen molar-refractivity contribution >= 4 is 28.0 Å². The zero-order valence-electron chi connectivity index (χ0n) is 17.1. The molecule has 0 unspecified atom stereocenters. The highest BCUT2D eigenvalue weighted by atomic mass is 32.1. The van der Waals surface area contributed by atoms with E-state index in [0.29, 0.717) is 0 Å². The first-order chi connectivity index (χ1) is 15.3. The minimum atomic E-state index is 0.821. The fraction of sp³-hybridized carbons (Fsp3) is 0.167. The fourth-order valence-electron chi connectivity index (χ4n) is 3.54. The maximum atomic E-state index is 6.15. The van der Waals surface area contributed by atoms with Gasteiger partial charge >= 0.3 is 0 Å². The summed E-state index contributed by atoms with van der Waals surface area (Å²) in [5.41, 5.74) is 2.82. The van der Waals surface area contributed by atoms with Crippen LogP contribution in [0.3, 0.4) is 0 Å². The molecule has 2 aromatic carbocycles. The Bertz CT molecular complexity index is 1310. The molecule has 6 nitrogen and oxygen atoms in total. The van der Waals surface area contributed by atoms with E-state index in [1.807, 2.05) is 61.2 Å². The smallest absolute Gasteiger partial charge is 0.190 e. The third-order valence-electron chi connectivity index (χ3n) is 5.13. The lowest BCUT2D eigenvalue weighted by molar-refractivity contribution is 0.415. The molecule has 0 bridgehead atoms. The first-order valence-corrected chi connectivity index (χ1v) is 11.0. The van der Waals surface area contributed by atoms with E-state index in [-0.39, 0.29) is 0 Å². The number of thiazole rings is 1. The topological polar surface area (TPSA) is 57.5 Å². The summed E-state index contributed by atoms with van der Waals surface area (Å²) in [6, 6.07) is 18.0. The number of para-hydroxylation sites is 1. The number of imidazole rings is 1. The molecule has 31 heavy (non-hydrogen) atoms. The van der Waals surface area contributed by atoms with Crippen molar-refractivity contribution in [3.8, 4) is 17.2 Å². The van der Waals surface area contributed by atoms with Crippen LogP contribution in [0.1, 0.15) is 6.42 Å². The number of aromatic nitrogens is 3. The van der Waals surface area contributed by atoms with Gasteiger partial charge in [-0.1, -0.05) is 18.2 Å². The number of methoxy groups -OCH3 is 1. The van der Waals surface area contributed by atoms with E-state index in [2.05, 4.69) is 31.6 Å². The molecule has 3 aromatic heterocycles. The summed E-state index contributed by atoms with van der Waals surface area (Å²) in [6.07, 6.45) is 6.60. The Labute approximate surface area is 183 Å². The Morgan fingerprint density at radius 2 is 1.97 bits per heavy atom. The molecule has 0 radical (unpaired) electrons. The van der Waals surface area contributed by atoms with Crippen LogP contribution in [0.5, 0.6) is 5.75 Å². The molecule has 0 saturated carbocycles. The molecule has 0 aliphatic heterocycles. The molecule has 0 spiro atoms. The number of fused-ring (bicyclic) bond motifs is 1. The standard InChI is InChI=1S/C24H22N4O2S/c1-29-20-9-7-19(8-10-20)26-24-28(13-4-12-27-14-11-25-17-27)21(16-31-24)23-15-18-5-2-3-6-22(18)30-23/h2-3,5-11,14-17H,4,12-13H2,1H3. The van der Waals surface area contributed by atoms with E-state index in [1.165, 1.54) is 0 Å². The van der Waals surface area contributed by atoms with Crippen LogP contribution in [0.4, 0.5) is 5.69 Å². The summed E-state index contributed by atoms with van der Waals surface area (Å²) in [7, 11) is 1.67. The van der Waals surface area contributed by atoms with Crippen LogP contribution in [-0.2, 0) is 13.1 Å². The summed E-state index contributed by atoms with van der Waals surface area (Å²) in [6.45, 7) is 1.72. The molecule has 5 rings (SSSR count). The lowest BCUT2D eigenvalue weighted by Gasteiger charge is -2.08. The largest absolute Gasteiger partial charge is 0.497 e. The number of rotatable bonds is 7. The van der Waals surface area contributed by atoms with Crippen LogP contribution >= 0.6 is 11.3 Å². The van der Waals surface area contributed by atoms with Crippen LogP contribution in [0.25, 0.3) is 22.4 Å². The fourth-order valence-corrected chi connectivity index (χ4v) is 4.47. The Hall–Kier alpha value is -3.58. The van der Waals surface area contributed by atoms with E-state index in [1.54, 1.807) is 18.4 Å². The molecule has 0 saturated heterocycles. The molecule has 0 N–H and O–H groups in total. The molecule has 3 heterocycles. The molecular weight excluding hydrogens is 408 g/mol. The first-order valence-electron chi connectivity index (χ1n) is 10.1.